The highest BCUT2D eigenvalue weighted by Crippen LogP contribution is 2.43. The van der Waals surface area contributed by atoms with Crippen molar-refractivity contribution in [3.8, 4) is 0 Å². The van der Waals surface area contributed by atoms with Crippen LogP contribution in [0.4, 0.5) is 10.5 Å². The summed E-state index contributed by atoms with van der Waals surface area (Å²) < 4.78 is 0. The van der Waals surface area contributed by atoms with Crippen molar-refractivity contribution in [2.45, 2.75) is 70.9 Å². The predicted molar refractivity (Wildman–Crippen MR) is 129 cm³/mol. The molecule has 0 radical (unpaired) electrons. The lowest BCUT2D eigenvalue weighted by Crippen LogP contribution is -2.51. The predicted octanol–water partition coefficient (Wildman–Crippen LogP) is 5.04. The molecule has 6 heteroatoms. The lowest BCUT2D eigenvalue weighted by Gasteiger charge is -2.38. The van der Waals surface area contributed by atoms with Gasteiger partial charge in [0.05, 0.1) is 6.04 Å². The third-order valence-corrected chi connectivity index (χ3v) is 7.08. The van der Waals surface area contributed by atoms with Crippen molar-refractivity contribution in [3.05, 3.63) is 65.2 Å². The van der Waals surface area contributed by atoms with E-state index in [0.29, 0.717) is 12.8 Å². The number of imide groups is 1. The summed E-state index contributed by atoms with van der Waals surface area (Å²) in [5.74, 6) is -0.560. The van der Waals surface area contributed by atoms with E-state index in [1.807, 2.05) is 69.3 Å². The Balaban J connectivity index is 1.58. The number of nitrogens with zero attached hydrogens (tertiary/aromatic N) is 2. The number of aryl methyl sites for hydroxylation is 2. The second-order valence-electron chi connectivity index (χ2n) is 9.32. The maximum atomic E-state index is 13.6. The first kappa shape index (κ1) is 23.0. The van der Waals surface area contributed by atoms with Gasteiger partial charge < -0.3 is 5.32 Å². The summed E-state index contributed by atoms with van der Waals surface area (Å²) in [5, 5.41) is 3.04. The molecule has 1 heterocycles. The summed E-state index contributed by atoms with van der Waals surface area (Å²) in [7, 11) is 0. The Hall–Kier alpha value is -3.15. The first-order valence-electron chi connectivity index (χ1n) is 11.9. The molecule has 1 unspecified atom stereocenters. The number of anilines is 1. The van der Waals surface area contributed by atoms with Crippen LogP contribution in [-0.4, -0.2) is 34.8 Å². The number of rotatable bonds is 6. The van der Waals surface area contributed by atoms with E-state index in [2.05, 4.69) is 5.32 Å². The van der Waals surface area contributed by atoms with Crippen LogP contribution >= 0.6 is 0 Å². The van der Waals surface area contributed by atoms with E-state index < -0.39 is 11.6 Å². The largest absolute Gasteiger partial charge is 0.348 e. The molecule has 1 spiro atoms. The van der Waals surface area contributed by atoms with Crippen molar-refractivity contribution in [2.24, 2.45) is 0 Å². The van der Waals surface area contributed by atoms with Gasteiger partial charge in [-0.05, 0) is 56.4 Å². The first-order chi connectivity index (χ1) is 15.9. The van der Waals surface area contributed by atoms with Crippen molar-refractivity contribution in [2.75, 3.05) is 11.4 Å². The van der Waals surface area contributed by atoms with E-state index in [1.165, 1.54) is 0 Å². The van der Waals surface area contributed by atoms with E-state index in [-0.39, 0.29) is 24.4 Å². The zero-order valence-electron chi connectivity index (χ0n) is 19.8. The van der Waals surface area contributed by atoms with Crippen LogP contribution in [0.2, 0.25) is 0 Å². The fourth-order valence-electron chi connectivity index (χ4n) is 5.26. The van der Waals surface area contributed by atoms with Crippen LogP contribution in [0, 0.1) is 13.8 Å². The molecule has 1 N–H and O–H groups in total. The summed E-state index contributed by atoms with van der Waals surface area (Å²) in [5.41, 5.74) is 3.08. The standard InChI is InChI=1S/C27H33N3O3/c1-4-23(22-11-7-6-10-20(22)3)28-24(31)18-29-25(32)27(16-8-5-9-17-27)30(26(29)33)21-14-12-19(2)13-15-21/h6-7,10-15,23H,4-5,8-9,16-18H2,1-3H3,(H,28,31). The fourth-order valence-corrected chi connectivity index (χ4v) is 5.26. The van der Waals surface area contributed by atoms with Gasteiger partial charge in [0.25, 0.3) is 5.91 Å². The zero-order chi connectivity index (χ0) is 23.6. The molecule has 2 aliphatic rings. The summed E-state index contributed by atoms with van der Waals surface area (Å²) in [6.45, 7) is 5.76. The van der Waals surface area contributed by atoms with Crippen LogP contribution < -0.4 is 10.2 Å². The highest BCUT2D eigenvalue weighted by Gasteiger charge is 2.58. The average molecular weight is 448 g/mol. The number of hydrogen-bond acceptors (Lipinski definition) is 3. The van der Waals surface area contributed by atoms with Crippen LogP contribution in [0.15, 0.2) is 48.5 Å². The number of benzene rings is 2. The Kier molecular flexibility index (Phi) is 6.54. The minimum absolute atomic E-state index is 0.164. The topological polar surface area (TPSA) is 69.7 Å². The van der Waals surface area contributed by atoms with Crippen LogP contribution in [0.3, 0.4) is 0 Å². The number of amides is 4. The van der Waals surface area contributed by atoms with Gasteiger partial charge in [-0.25, -0.2) is 4.79 Å². The normalized spacial score (nSPS) is 18.6. The smallest absolute Gasteiger partial charge is 0.332 e. The fraction of sp³-hybridized carbons (Fsp3) is 0.444. The van der Waals surface area contributed by atoms with E-state index in [4.69, 9.17) is 0 Å². The lowest BCUT2D eigenvalue weighted by molar-refractivity contribution is -0.135. The van der Waals surface area contributed by atoms with E-state index >= 15 is 0 Å². The van der Waals surface area contributed by atoms with Gasteiger partial charge in [-0.3, -0.25) is 19.4 Å². The van der Waals surface area contributed by atoms with Crippen molar-refractivity contribution in [3.63, 3.8) is 0 Å². The molecule has 1 saturated heterocycles. The van der Waals surface area contributed by atoms with E-state index in [0.717, 1.165) is 53.0 Å². The Morgan fingerprint density at radius 3 is 2.30 bits per heavy atom. The Morgan fingerprint density at radius 1 is 1.00 bits per heavy atom. The molecule has 1 aliphatic carbocycles. The summed E-state index contributed by atoms with van der Waals surface area (Å²) >= 11 is 0. The third kappa shape index (κ3) is 4.26. The second kappa shape index (κ2) is 9.38. The highest BCUT2D eigenvalue weighted by atomic mass is 16.2. The number of carbonyl (C=O) groups excluding carboxylic acids is 3. The van der Waals surface area contributed by atoms with Gasteiger partial charge in [-0.15, -0.1) is 0 Å². The lowest BCUT2D eigenvalue weighted by atomic mass is 9.80. The monoisotopic (exact) mass is 447 g/mol. The maximum Gasteiger partial charge on any atom is 0.332 e. The molecule has 2 fully saturated rings. The van der Waals surface area contributed by atoms with E-state index in [1.54, 1.807) is 4.90 Å². The maximum absolute atomic E-state index is 13.6. The van der Waals surface area contributed by atoms with Crippen molar-refractivity contribution >= 4 is 23.5 Å². The minimum atomic E-state index is -0.884. The molecule has 1 aliphatic heterocycles. The second-order valence-corrected chi connectivity index (χ2v) is 9.32. The van der Waals surface area contributed by atoms with Crippen LogP contribution in [0.5, 0.6) is 0 Å². The molecule has 174 valence electrons. The minimum Gasteiger partial charge on any atom is -0.348 e. The quantitative estimate of drug-likeness (QED) is 0.631. The van der Waals surface area contributed by atoms with Gasteiger partial charge in [-0.1, -0.05) is 68.1 Å². The van der Waals surface area contributed by atoms with Gasteiger partial charge >= 0.3 is 6.03 Å². The van der Waals surface area contributed by atoms with Gasteiger partial charge in [0, 0.05) is 5.69 Å². The van der Waals surface area contributed by atoms with Crippen LogP contribution in [-0.2, 0) is 9.59 Å². The molecule has 4 rings (SSSR count). The Morgan fingerprint density at radius 2 is 1.67 bits per heavy atom. The van der Waals surface area contributed by atoms with Gasteiger partial charge in [-0.2, -0.15) is 0 Å². The highest BCUT2D eigenvalue weighted by molar-refractivity contribution is 6.18. The molecule has 4 amide bonds. The molecule has 1 atom stereocenters. The Bertz CT molecular complexity index is 1040. The van der Waals surface area contributed by atoms with Crippen molar-refractivity contribution in [1.29, 1.82) is 0 Å². The summed E-state index contributed by atoms with van der Waals surface area (Å²) in [6, 6.07) is 15.1. The average Bonchev–Trinajstić information content (AvgIpc) is 3.00. The number of hydrogen-bond donors (Lipinski definition) is 1. The SMILES string of the molecule is CCC(NC(=O)CN1C(=O)N(c2ccc(C)cc2)C2(CCCCC2)C1=O)c1ccccc1C. The van der Waals surface area contributed by atoms with Gasteiger partial charge in [0.2, 0.25) is 5.91 Å². The van der Waals surface area contributed by atoms with Crippen molar-refractivity contribution < 1.29 is 14.4 Å². The molecular formula is C27H33N3O3. The molecule has 2 aromatic rings. The van der Waals surface area contributed by atoms with Gasteiger partial charge in [0.15, 0.2) is 0 Å². The van der Waals surface area contributed by atoms with Crippen molar-refractivity contribution in [1.82, 2.24) is 10.2 Å². The number of urea groups is 1. The summed E-state index contributed by atoms with van der Waals surface area (Å²) in [4.78, 5) is 43.0. The third-order valence-electron chi connectivity index (χ3n) is 7.08. The number of nitrogens with one attached hydrogen (secondary N) is 1. The number of carbonyl (C=O) groups is 3. The molecule has 0 aromatic heterocycles. The Labute approximate surface area is 196 Å². The molecule has 1 saturated carbocycles. The molecule has 2 aromatic carbocycles. The zero-order valence-corrected chi connectivity index (χ0v) is 19.8. The van der Waals surface area contributed by atoms with Gasteiger partial charge in [0.1, 0.15) is 12.1 Å². The molecule has 33 heavy (non-hydrogen) atoms. The molecule has 0 bridgehead atoms. The van der Waals surface area contributed by atoms with E-state index in [9.17, 15) is 14.4 Å². The first-order valence-corrected chi connectivity index (χ1v) is 11.9. The van der Waals surface area contributed by atoms with Crippen LogP contribution in [0.1, 0.15) is 68.2 Å². The molecule has 6 nitrogen and oxygen atoms in total. The van der Waals surface area contributed by atoms with Crippen LogP contribution in [0.25, 0.3) is 0 Å². The molecular weight excluding hydrogens is 414 g/mol. The summed E-state index contributed by atoms with van der Waals surface area (Å²) in [6.07, 6.45) is 4.83.